The van der Waals surface area contributed by atoms with Gasteiger partial charge in [0.05, 0.1) is 13.2 Å². The number of nitrogens with zero attached hydrogens (tertiary/aromatic N) is 1. The summed E-state index contributed by atoms with van der Waals surface area (Å²) in [5.74, 6) is -0.437. The molecule has 5 nitrogen and oxygen atoms in total. The summed E-state index contributed by atoms with van der Waals surface area (Å²) >= 11 is 0. The van der Waals surface area contributed by atoms with Crippen molar-refractivity contribution >= 4 is 5.91 Å². The number of ether oxygens (including phenoxy) is 1. The number of amides is 1. The molecule has 3 rings (SSSR count). The molecule has 0 bridgehead atoms. The summed E-state index contributed by atoms with van der Waals surface area (Å²) in [4.78, 5) is 14.9. The van der Waals surface area contributed by atoms with Gasteiger partial charge >= 0.3 is 0 Å². The number of benzene rings is 1. The van der Waals surface area contributed by atoms with E-state index in [-0.39, 0.29) is 17.8 Å². The van der Waals surface area contributed by atoms with Gasteiger partial charge in [-0.2, -0.15) is 0 Å². The average molecular weight is 321 g/mol. The Bertz CT molecular complexity index is 528. The Hall–Kier alpha value is -1.50. The molecule has 2 heterocycles. The summed E-state index contributed by atoms with van der Waals surface area (Å²) in [5.41, 5.74) is 0.445. The van der Waals surface area contributed by atoms with Crippen LogP contribution >= 0.6 is 0 Å². The topological polar surface area (TPSA) is 53.6 Å². The number of hydrogen-bond donors (Lipinski definition) is 2. The molecule has 1 amide bonds. The van der Waals surface area contributed by atoms with Gasteiger partial charge in [-0.1, -0.05) is 18.2 Å². The highest BCUT2D eigenvalue weighted by Crippen LogP contribution is 2.25. The monoisotopic (exact) mass is 321 g/mol. The Morgan fingerprint density at radius 3 is 2.65 bits per heavy atom. The molecular weight excluding hydrogens is 297 g/mol. The van der Waals surface area contributed by atoms with Crippen LogP contribution in [-0.2, 0) is 9.53 Å². The zero-order valence-electron chi connectivity index (χ0n) is 13.3. The van der Waals surface area contributed by atoms with E-state index in [1.807, 2.05) is 4.90 Å². The van der Waals surface area contributed by atoms with Gasteiger partial charge in [-0.05, 0) is 32.0 Å². The summed E-state index contributed by atoms with van der Waals surface area (Å²) in [6.45, 7) is 4.24. The van der Waals surface area contributed by atoms with Crippen molar-refractivity contribution in [1.29, 1.82) is 0 Å². The molecule has 1 atom stereocenters. The molecule has 23 heavy (non-hydrogen) atoms. The number of morpholine rings is 1. The number of carbonyl (C=O) groups excluding carboxylic acids is 1. The first-order valence-corrected chi connectivity index (χ1v) is 8.33. The summed E-state index contributed by atoms with van der Waals surface area (Å²) in [5, 5.41) is 6.40. The van der Waals surface area contributed by atoms with E-state index in [0.717, 1.165) is 25.9 Å². The van der Waals surface area contributed by atoms with Gasteiger partial charge in [0, 0.05) is 24.7 Å². The average Bonchev–Trinajstić information content (AvgIpc) is 2.59. The number of rotatable bonds is 4. The maximum atomic E-state index is 14.3. The van der Waals surface area contributed by atoms with Crippen LogP contribution < -0.4 is 10.6 Å². The van der Waals surface area contributed by atoms with Gasteiger partial charge in [-0.25, -0.2) is 4.39 Å². The van der Waals surface area contributed by atoms with Gasteiger partial charge in [0.1, 0.15) is 11.9 Å². The number of hydrogen-bond acceptors (Lipinski definition) is 4. The van der Waals surface area contributed by atoms with Crippen LogP contribution in [0.5, 0.6) is 0 Å². The zero-order valence-corrected chi connectivity index (χ0v) is 13.3. The van der Waals surface area contributed by atoms with Gasteiger partial charge in [0.15, 0.2) is 0 Å². The Labute approximate surface area is 136 Å². The lowest BCUT2D eigenvalue weighted by molar-refractivity contribution is -0.129. The Morgan fingerprint density at radius 2 is 1.96 bits per heavy atom. The summed E-state index contributed by atoms with van der Waals surface area (Å²) < 4.78 is 19.7. The minimum absolute atomic E-state index is 0.107. The van der Waals surface area contributed by atoms with E-state index < -0.39 is 6.04 Å². The lowest BCUT2D eigenvalue weighted by Gasteiger charge is -2.35. The van der Waals surface area contributed by atoms with Crippen LogP contribution in [0.25, 0.3) is 0 Å². The molecule has 126 valence electrons. The molecule has 1 aromatic carbocycles. The van der Waals surface area contributed by atoms with Crippen molar-refractivity contribution in [2.24, 2.45) is 0 Å². The maximum Gasteiger partial charge on any atom is 0.242 e. The third kappa shape index (κ3) is 4.07. The van der Waals surface area contributed by atoms with Crippen LogP contribution in [0.2, 0.25) is 0 Å². The van der Waals surface area contributed by atoms with E-state index in [9.17, 15) is 9.18 Å². The van der Waals surface area contributed by atoms with Crippen molar-refractivity contribution < 1.29 is 13.9 Å². The fourth-order valence-corrected chi connectivity index (χ4v) is 3.28. The standard InChI is InChI=1S/C17H24FN3O2/c18-15-4-2-1-3-14(15)16(21-9-11-23-12-10-21)17(22)20-13-5-7-19-8-6-13/h1-4,13,16,19H,5-12H2,(H,20,22). The molecule has 0 spiro atoms. The summed E-state index contributed by atoms with van der Waals surface area (Å²) in [7, 11) is 0. The number of halogens is 1. The molecule has 0 radical (unpaired) electrons. The number of nitrogens with one attached hydrogen (secondary N) is 2. The van der Waals surface area contributed by atoms with Gasteiger partial charge < -0.3 is 15.4 Å². The van der Waals surface area contributed by atoms with E-state index in [2.05, 4.69) is 10.6 Å². The summed E-state index contributed by atoms with van der Waals surface area (Å²) in [6.07, 6.45) is 1.83. The van der Waals surface area contributed by atoms with Crippen LogP contribution in [-0.4, -0.2) is 56.2 Å². The number of carbonyl (C=O) groups is 1. The second-order valence-corrected chi connectivity index (χ2v) is 6.11. The molecule has 1 unspecified atom stereocenters. The Kier molecular flexibility index (Phi) is 5.59. The highest BCUT2D eigenvalue weighted by atomic mass is 19.1. The van der Waals surface area contributed by atoms with Crippen LogP contribution in [0.3, 0.4) is 0 Å². The van der Waals surface area contributed by atoms with Crippen molar-refractivity contribution in [3.8, 4) is 0 Å². The van der Waals surface area contributed by atoms with Crippen LogP contribution in [0, 0.1) is 5.82 Å². The van der Waals surface area contributed by atoms with E-state index in [4.69, 9.17) is 4.74 Å². The first-order valence-electron chi connectivity index (χ1n) is 8.33. The smallest absolute Gasteiger partial charge is 0.242 e. The predicted octanol–water partition coefficient (Wildman–Crippen LogP) is 1.07. The highest BCUT2D eigenvalue weighted by Gasteiger charge is 2.32. The third-order valence-corrected chi connectivity index (χ3v) is 4.54. The third-order valence-electron chi connectivity index (χ3n) is 4.54. The fraction of sp³-hybridized carbons (Fsp3) is 0.588. The normalized spacial score (nSPS) is 21.8. The molecule has 0 aromatic heterocycles. The molecule has 2 aliphatic heterocycles. The minimum Gasteiger partial charge on any atom is -0.379 e. The molecule has 2 N–H and O–H groups in total. The van der Waals surface area contributed by atoms with Gasteiger partial charge in [-0.3, -0.25) is 9.69 Å². The zero-order chi connectivity index (χ0) is 16.1. The van der Waals surface area contributed by atoms with Crippen molar-refractivity contribution in [2.75, 3.05) is 39.4 Å². The van der Waals surface area contributed by atoms with Crippen molar-refractivity contribution in [3.05, 3.63) is 35.6 Å². The molecule has 0 saturated carbocycles. The van der Waals surface area contributed by atoms with E-state index in [1.54, 1.807) is 18.2 Å². The Morgan fingerprint density at radius 1 is 1.26 bits per heavy atom. The quantitative estimate of drug-likeness (QED) is 0.871. The van der Waals surface area contributed by atoms with Gasteiger partial charge in [-0.15, -0.1) is 0 Å². The molecule has 2 fully saturated rings. The van der Waals surface area contributed by atoms with Crippen molar-refractivity contribution in [2.45, 2.75) is 24.9 Å². The number of piperidine rings is 1. The minimum atomic E-state index is -0.588. The Balaban J connectivity index is 1.79. The predicted molar refractivity (Wildman–Crippen MR) is 85.6 cm³/mol. The first-order chi connectivity index (χ1) is 11.3. The van der Waals surface area contributed by atoms with Crippen molar-refractivity contribution in [1.82, 2.24) is 15.5 Å². The second kappa shape index (κ2) is 7.86. The van der Waals surface area contributed by atoms with E-state index >= 15 is 0 Å². The molecule has 6 heteroatoms. The van der Waals surface area contributed by atoms with Crippen molar-refractivity contribution in [3.63, 3.8) is 0 Å². The first kappa shape index (κ1) is 16.4. The highest BCUT2D eigenvalue weighted by molar-refractivity contribution is 5.83. The molecule has 0 aliphatic carbocycles. The summed E-state index contributed by atoms with van der Waals surface area (Å²) in [6, 6.07) is 6.14. The van der Waals surface area contributed by atoms with Gasteiger partial charge in [0.2, 0.25) is 5.91 Å². The van der Waals surface area contributed by atoms with Crippen LogP contribution in [0.15, 0.2) is 24.3 Å². The van der Waals surface area contributed by atoms with Gasteiger partial charge in [0.25, 0.3) is 0 Å². The van der Waals surface area contributed by atoms with E-state index in [0.29, 0.717) is 31.9 Å². The lowest BCUT2D eigenvalue weighted by Crippen LogP contribution is -2.50. The second-order valence-electron chi connectivity index (χ2n) is 6.11. The molecule has 1 aromatic rings. The molecule has 2 saturated heterocycles. The SMILES string of the molecule is O=C(NC1CCNCC1)C(c1ccccc1F)N1CCOCC1. The molecule has 2 aliphatic rings. The maximum absolute atomic E-state index is 14.3. The van der Waals surface area contributed by atoms with Crippen LogP contribution in [0.1, 0.15) is 24.4 Å². The van der Waals surface area contributed by atoms with Crippen LogP contribution in [0.4, 0.5) is 4.39 Å². The van der Waals surface area contributed by atoms with E-state index in [1.165, 1.54) is 6.07 Å². The molecular formula is C17H24FN3O2. The largest absolute Gasteiger partial charge is 0.379 e. The fourth-order valence-electron chi connectivity index (χ4n) is 3.28. The lowest BCUT2D eigenvalue weighted by atomic mass is 10.0.